The fraction of sp³-hybridized carbons (Fsp3) is 0.118. The van der Waals surface area contributed by atoms with Crippen molar-refractivity contribution < 1.29 is 18.3 Å². The number of hydrogen-bond acceptors (Lipinski definition) is 6. The Bertz CT molecular complexity index is 900. The van der Waals surface area contributed by atoms with Gasteiger partial charge in [-0.3, -0.25) is 0 Å². The smallest absolute Gasteiger partial charge is 0.167 e. The maximum atomic E-state index is 13.7. The molecule has 1 N–H and O–H groups in total. The second kappa shape index (κ2) is 8.06. The fourth-order valence-corrected chi connectivity index (χ4v) is 2.16. The van der Waals surface area contributed by atoms with Gasteiger partial charge in [0, 0.05) is 11.6 Å². The number of halogens is 2. The summed E-state index contributed by atoms with van der Waals surface area (Å²) in [5.41, 5.74) is 4.10. The Hall–Kier alpha value is -3.49. The first-order valence-corrected chi connectivity index (χ1v) is 7.54. The zero-order valence-electron chi connectivity index (χ0n) is 13.8. The van der Waals surface area contributed by atoms with Crippen molar-refractivity contribution >= 4 is 6.21 Å². The van der Waals surface area contributed by atoms with Crippen molar-refractivity contribution in [2.24, 2.45) is 5.10 Å². The Morgan fingerprint density at radius 3 is 2.77 bits per heavy atom. The van der Waals surface area contributed by atoms with E-state index in [1.54, 1.807) is 24.4 Å². The van der Waals surface area contributed by atoms with Gasteiger partial charge < -0.3 is 9.47 Å². The standard InChI is InChI=1S/C17H15F2N5O2/c1-25-16-4-2-12(8-21-23-24-11-20-10-22-24)6-13(16)9-26-17-5-3-14(18)7-15(17)19/h2-8,10-11,23H,9H2,1H3/b21-8+. The molecule has 7 nitrogen and oxygen atoms in total. The van der Waals surface area contributed by atoms with Crippen molar-refractivity contribution in [3.05, 3.63) is 71.8 Å². The second-order valence-corrected chi connectivity index (χ2v) is 5.13. The number of ether oxygens (including phenoxy) is 2. The van der Waals surface area contributed by atoms with E-state index in [1.807, 2.05) is 0 Å². The Morgan fingerprint density at radius 1 is 1.19 bits per heavy atom. The molecule has 0 fully saturated rings. The van der Waals surface area contributed by atoms with Crippen LogP contribution < -0.4 is 15.0 Å². The number of nitrogens with zero attached hydrogens (tertiary/aromatic N) is 4. The molecular weight excluding hydrogens is 344 g/mol. The number of hydrogen-bond donors (Lipinski definition) is 1. The normalized spacial score (nSPS) is 10.9. The summed E-state index contributed by atoms with van der Waals surface area (Å²) < 4.78 is 37.4. The van der Waals surface area contributed by atoms with Gasteiger partial charge in [-0.1, -0.05) is 0 Å². The van der Waals surface area contributed by atoms with Crippen LogP contribution in [0, 0.1) is 11.6 Å². The third-order valence-corrected chi connectivity index (χ3v) is 3.37. The van der Waals surface area contributed by atoms with E-state index in [-0.39, 0.29) is 12.4 Å². The molecule has 0 aliphatic rings. The average molecular weight is 359 g/mol. The molecule has 0 aliphatic carbocycles. The number of methoxy groups -OCH3 is 1. The predicted octanol–water partition coefficient (Wildman–Crippen LogP) is 2.72. The van der Waals surface area contributed by atoms with Crippen molar-refractivity contribution in [1.82, 2.24) is 14.9 Å². The molecule has 1 aromatic heterocycles. The van der Waals surface area contributed by atoms with Gasteiger partial charge in [-0.25, -0.2) is 13.8 Å². The van der Waals surface area contributed by atoms with Crippen molar-refractivity contribution in [3.8, 4) is 11.5 Å². The van der Waals surface area contributed by atoms with Crippen LogP contribution in [-0.4, -0.2) is 28.2 Å². The molecule has 0 radical (unpaired) electrons. The van der Waals surface area contributed by atoms with Crippen LogP contribution in [0.1, 0.15) is 11.1 Å². The lowest BCUT2D eigenvalue weighted by Gasteiger charge is -2.11. The van der Waals surface area contributed by atoms with Crippen LogP contribution in [0.15, 0.2) is 54.2 Å². The van der Waals surface area contributed by atoms with Gasteiger partial charge in [0.1, 0.15) is 30.8 Å². The zero-order chi connectivity index (χ0) is 18.4. The van der Waals surface area contributed by atoms with Gasteiger partial charge in [0.15, 0.2) is 11.6 Å². The highest BCUT2D eigenvalue weighted by atomic mass is 19.1. The minimum atomic E-state index is -0.765. The van der Waals surface area contributed by atoms with Crippen LogP contribution >= 0.6 is 0 Å². The minimum Gasteiger partial charge on any atom is -0.496 e. The first-order chi connectivity index (χ1) is 12.7. The average Bonchev–Trinajstić information content (AvgIpc) is 3.14. The lowest BCUT2D eigenvalue weighted by atomic mass is 10.1. The fourth-order valence-electron chi connectivity index (χ4n) is 2.16. The van der Waals surface area contributed by atoms with E-state index in [2.05, 4.69) is 20.7 Å². The van der Waals surface area contributed by atoms with E-state index in [0.29, 0.717) is 11.3 Å². The van der Waals surface area contributed by atoms with Crippen LogP contribution in [0.4, 0.5) is 8.78 Å². The van der Waals surface area contributed by atoms with E-state index in [0.717, 1.165) is 17.7 Å². The summed E-state index contributed by atoms with van der Waals surface area (Å²) >= 11 is 0. The molecule has 1 heterocycles. The largest absolute Gasteiger partial charge is 0.496 e. The zero-order valence-corrected chi connectivity index (χ0v) is 13.8. The van der Waals surface area contributed by atoms with Crippen molar-refractivity contribution in [1.29, 1.82) is 0 Å². The number of benzene rings is 2. The van der Waals surface area contributed by atoms with E-state index < -0.39 is 11.6 Å². The van der Waals surface area contributed by atoms with Gasteiger partial charge in [0.05, 0.1) is 13.3 Å². The molecule has 3 rings (SSSR count). The third kappa shape index (κ3) is 4.32. The molecule has 0 unspecified atom stereocenters. The number of rotatable bonds is 7. The first-order valence-electron chi connectivity index (χ1n) is 7.54. The summed E-state index contributed by atoms with van der Waals surface area (Å²) in [7, 11) is 1.53. The second-order valence-electron chi connectivity index (χ2n) is 5.13. The molecule has 0 aliphatic heterocycles. The molecule has 0 spiro atoms. The van der Waals surface area contributed by atoms with Gasteiger partial charge in [0.2, 0.25) is 0 Å². The summed E-state index contributed by atoms with van der Waals surface area (Å²) in [5, 5.41) is 7.87. The Balaban J connectivity index is 1.71. The lowest BCUT2D eigenvalue weighted by molar-refractivity contribution is 0.282. The Morgan fingerprint density at radius 2 is 2.04 bits per heavy atom. The molecule has 0 saturated heterocycles. The minimum absolute atomic E-state index is 0.0413. The van der Waals surface area contributed by atoms with Crippen LogP contribution in [0.3, 0.4) is 0 Å². The Kier molecular flexibility index (Phi) is 5.37. The van der Waals surface area contributed by atoms with Gasteiger partial charge in [-0.2, -0.15) is 10.6 Å². The van der Waals surface area contributed by atoms with Crippen LogP contribution in [0.2, 0.25) is 0 Å². The van der Waals surface area contributed by atoms with Gasteiger partial charge in [-0.05, 0) is 35.9 Å². The molecule has 9 heteroatoms. The summed E-state index contributed by atoms with van der Waals surface area (Å²) in [6.45, 7) is 0.0455. The van der Waals surface area contributed by atoms with E-state index >= 15 is 0 Å². The first kappa shape index (κ1) is 17.3. The highest BCUT2D eigenvalue weighted by molar-refractivity contribution is 5.80. The molecule has 26 heavy (non-hydrogen) atoms. The van der Waals surface area contributed by atoms with E-state index in [9.17, 15) is 8.78 Å². The molecule has 134 valence electrons. The number of nitrogens with one attached hydrogen (secondary N) is 1. The maximum absolute atomic E-state index is 13.7. The monoisotopic (exact) mass is 359 g/mol. The SMILES string of the molecule is COc1ccc(/C=N/Nn2cncn2)cc1COc1ccc(F)cc1F. The molecular formula is C17H15F2N5O2. The highest BCUT2D eigenvalue weighted by Gasteiger charge is 2.09. The maximum Gasteiger partial charge on any atom is 0.167 e. The van der Waals surface area contributed by atoms with E-state index in [4.69, 9.17) is 9.47 Å². The van der Waals surface area contributed by atoms with Gasteiger partial charge in [-0.15, -0.1) is 9.89 Å². The third-order valence-electron chi connectivity index (χ3n) is 3.37. The number of aromatic nitrogens is 3. The molecule has 0 saturated carbocycles. The predicted molar refractivity (Wildman–Crippen MR) is 90.7 cm³/mol. The van der Waals surface area contributed by atoms with Crippen LogP contribution in [0.5, 0.6) is 11.5 Å². The molecule has 3 aromatic rings. The van der Waals surface area contributed by atoms with Crippen LogP contribution in [-0.2, 0) is 6.61 Å². The van der Waals surface area contributed by atoms with Crippen molar-refractivity contribution in [2.45, 2.75) is 6.61 Å². The molecule has 0 bridgehead atoms. The van der Waals surface area contributed by atoms with Crippen molar-refractivity contribution in [2.75, 3.05) is 12.6 Å². The van der Waals surface area contributed by atoms with Crippen molar-refractivity contribution in [3.63, 3.8) is 0 Å². The molecule has 2 aromatic carbocycles. The summed E-state index contributed by atoms with van der Waals surface area (Å²) in [6.07, 6.45) is 4.41. The highest BCUT2D eigenvalue weighted by Crippen LogP contribution is 2.23. The quantitative estimate of drug-likeness (QED) is 0.519. The number of hydrazone groups is 1. The summed E-state index contributed by atoms with van der Waals surface area (Å²) in [5.74, 6) is -0.890. The van der Waals surface area contributed by atoms with E-state index in [1.165, 1.54) is 30.6 Å². The van der Waals surface area contributed by atoms with Crippen LogP contribution in [0.25, 0.3) is 0 Å². The molecule has 0 amide bonds. The topological polar surface area (TPSA) is 73.6 Å². The summed E-state index contributed by atoms with van der Waals surface area (Å²) in [6, 6.07) is 8.47. The lowest BCUT2D eigenvalue weighted by Crippen LogP contribution is -2.08. The Labute approximate surface area is 147 Å². The van der Waals surface area contributed by atoms with Gasteiger partial charge in [0.25, 0.3) is 0 Å². The summed E-state index contributed by atoms with van der Waals surface area (Å²) in [4.78, 5) is 5.11. The molecule has 0 atom stereocenters. The van der Waals surface area contributed by atoms with Gasteiger partial charge >= 0.3 is 0 Å².